The summed E-state index contributed by atoms with van der Waals surface area (Å²) in [5.41, 5.74) is 38.7. The molecule has 32 nitrogen and oxygen atoms in total. The third kappa shape index (κ3) is 35.8. The standard InChI is InChI=1S/C22H29N7O.C20H21ClN6O2.C20H28N4O2.C19H26N4O2.4C4H10O/c1-3-29(4-2)17-13-26-22(27-14-17)28-16-5-7-18(8-6-16)30-20-12-15(23)11-19-21(20)25-10-9-24-19;21-20-26-16-10-28-9-14(16)19(27-20)25-12-1-3-13(4-2-12)29-17-8-11(22)7-15-18(17)24-6-5-23-15;1-13(2)12-26-20(25)24-17-5-3-14(4-6-17)9-15-10-16(21)11-18-19(15)23-8-7-22-18;1-12(2)25-19(24)23-16-5-3-13(4-6-16)9-14-10-15(20)11-17-18(14)22-8-7-21-17;4*1-3-5-4-2/h9-14,16,18H,3-8,23H2,1-2H3,(H,26,27,28);5-8,12-13H,1-4,9-10,22H2,(H,25,26,27);7-8,10-11,13-14,17H,3-6,9,12,21H2,1-2H3,(H,24,25);7-8,10-13,16H,3-6,9,20H2,1-2H3,(H,23,24);4*3-4H2,1-2H3. The van der Waals surface area contributed by atoms with Gasteiger partial charge in [0.2, 0.25) is 11.2 Å². The number of benzene rings is 4. The lowest BCUT2D eigenvalue weighted by molar-refractivity contribution is 0.108. The highest BCUT2D eigenvalue weighted by Gasteiger charge is 2.30. The van der Waals surface area contributed by atoms with Crippen molar-refractivity contribution in [1.82, 2.24) is 70.4 Å². The third-order valence-electron chi connectivity index (χ3n) is 22.3. The van der Waals surface area contributed by atoms with Gasteiger partial charge in [-0.2, -0.15) is 0 Å². The van der Waals surface area contributed by atoms with E-state index in [-0.39, 0.29) is 47.9 Å². The maximum absolute atomic E-state index is 11.8. The Balaban J connectivity index is 0.000000200. The van der Waals surface area contributed by atoms with Gasteiger partial charge in [0.1, 0.15) is 28.4 Å². The second kappa shape index (κ2) is 57.4. The molecule has 0 spiro atoms. The summed E-state index contributed by atoms with van der Waals surface area (Å²) >= 11 is 6.06. The van der Waals surface area contributed by atoms with Gasteiger partial charge in [-0.3, -0.25) is 29.9 Å². The first kappa shape index (κ1) is 105. The van der Waals surface area contributed by atoms with Gasteiger partial charge in [0, 0.05) is 180 Å². The molecule has 0 saturated heterocycles. The molecule has 0 radical (unpaired) electrons. The molecule has 4 aliphatic carbocycles. The molecule has 2 amide bonds. The first-order valence-corrected chi connectivity index (χ1v) is 47.1. The lowest BCUT2D eigenvalue weighted by atomic mass is 9.82. The van der Waals surface area contributed by atoms with Gasteiger partial charge in [0.15, 0.2) is 0 Å². The average Bonchev–Trinajstić information content (AvgIpc) is 1.37. The minimum absolute atomic E-state index is 0.0886. The van der Waals surface area contributed by atoms with Crippen molar-refractivity contribution in [2.45, 2.75) is 268 Å². The van der Waals surface area contributed by atoms with Gasteiger partial charge >= 0.3 is 12.2 Å². The van der Waals surface area contributed by atoms with Crippen molar-refractivity contribution in [1.29, 1.82) is 0 Å². The van der Waals surface area contributed by atoms with Gasteiger partial charge in [-0.15, -0.1) is 0 Å². The van der Waals surface area contributed by atoms with Gasteiger partial charge in [-0.25, -0.2) is 39.5 Å². The molecule has 4 saturated carbocycles. The lowest BCUT2D eigenvalue weighted by Gasteiger charge is -2.30. The zero-order chi connectivity index (χ0) is 93.5. The van der Waals surface area contributed by atoms with Crippen LogP contribution >= 0.6 is 11.6 Å². The van der Waals surface area contributed by atoms with Gasteiger partial charge in [-0.1, -0.05) is 13.8 Å². The van der Waals surface area contributed by atoms with Crippen molar-refractivity contribution in [2.75, 3.05) is 111 Å². The molecule has 4 fully saturated rings. The zero-order valence-electron chi connectivity index (χ0n) is 79.1. The number of rotatable bonds is 28. The summed E-state index contributed by atoms with van der Waals surface area (Å²) < 4.78 is 47.7. The molecule has 1 aliphatic heterocycles. The Morgan fingerprint density at radius 1 is 0.438 bits per heavy atom. The Kier molecular flexibility index (Phi) is 46.2. The van der Waals surface area contributed by atoms with Crippen LogP contribution in [-0.4, -0.2) is 187 Å². The number of hydrogen-bond donors (Lipinski definition) is 8. The zero-order valence-corrected chi connectivity index (χ0v) is 79.8. The normalized spacial score (nSPS) is 18.4. The fourth-order valence-electron chi connectivity index (χ4n) is 16.0. The van der Waals surface area contributed by atoms with Crippen LogP contribution < -0.4 is 58.6 Å². The SMILES string of the molecule is CC(C)COC(=O)NC1CCC(Cc2cc(N)cc3nccnc23)CC1.CC(C)OC(=O)NC1CCC(Cc2cc(N)cc3nccnc23)CC1.CCN(CC)c1cnc(NC2CCC(Oc3cc(N)cc4nccnc34)CC2)nc1.CCOCC.CCOCC.CCOCC.CCOCC.Nc1cc(OC2CCC(Nc3nc(Cl)nc4c3COC4)CC2)c2nccnc2c1. The minimum Gasteiger partial charge on any atom is -0.488 e. The van der Waals surface area contributed by atoms with Crippen LogP contribution in [0.5, 0.6) is 11.5 Å². The number of nitrogen functional groups attached to an aromatic ring is 4. The second-order valence-electron chi connectivity index (χ2n) is 33.0. The monoisotopic (exact) mass is 1810 g/mol. The predicted octanol–water partition coefficient (Wildman–Crippen LogP) is 18.5. The van der Waals surface area contributed by atoms with Gasteiger partial charge in [-0.05, 0) is 276 Å². The third-order valence-corrected chi connectivity index (χ3v) is 22.4. The number of nitrogens with one attached hydrogen (secondary N) is 4. The lowest BCUT2D eigenvalue weighted by Crippen LogP contribution is -2.39. The molecular formula is C97H144ClN21O11. The highest BCUT2D eigenvalue weighted by atomic mass is 35.5. The summed E-state index contributed by atoms with van der Waals surface area (Å²) in [5.74, 6) is 4.39. The summed E-state index contributed by atoms with van der Waals surface area (Å²) in [5, 5.41) is 13.2. The van der Waals surface area contributed by atoms with E-state index in [0.717, 1.165) is 260 Å². The Morgan fingerprint density at radius 3 is 1.19 bits per heavy atom. The van der Waals surface area contributed by atoms with Crippen LogP contribution in [0.1, 0.15) is 222 Å². The molecule has 6 aromatic heterocycles. The highest BCUT2D eigenvalue weighted by Crippen LogP contribution is 2.37. The van der Waals surface area contributed by atoms with Crippen LogP contribution in [0.15, 0.2) is 110 Å². The molecular weight excluding hydrogens is 1670 g/mol. The molecule has 12 N–H and O–H groups in total. The highest BCUT2D eigenvalue weighted by molar-refractivity contribution is 6.28. The van der Waals surface area contributed by atoms with Crippen molar-refractivity contribution >= 4 is 108 Å². The fraction of sp³-hybridized carbons (Fsp3) is 0.567. The second-order valence-corrected chi connectivity index (χ2v) is 33.3. The first-order valence-electron chi connectivity index (χ1n) is 46.8. The van der Waals surface area contributed by atoms with E-state index < -0.39 is 0 Å². The van der Waals surface area contributed by atoms with Crippen LogP contribution in [0.3, 0.4) is 0 Å². The predicted molar refractivity (Wildman–Crippen MR) is 519 cm³/mol. The quantitative estimate of drug-likeness (QED) is 0.0167. The molecule has 0 bridgehead atoms. The molecule has 7 heterocycles. The van der Waals surface area contributed by atoms with Crippen molar-refractivity contribution in [3.63, 3.8) is 0 Å². The molecule has 10 aromatic rings. The van der Waals surface area contributed by atoms with Crippen LogP contribution in [0.4, 0.5) is 49.8 Å². The number of ether oxygens (including phenoxy) is 9. The summed E-state index contributed by atoms with van der Waals surface area (Å²) in [4.78, 5) is 78.5. The van der Waals surface area contributed by atoms with Crippen molar-refractivity contribution in [2.24, 2.45) is 17.8 Å². The number of hydrogen-bond acceptors (Lipinski definition) is 30. The molecule has 33 heteroatoms. The number of amides is 2. The van der Waals surface area contributed by atoms with Gasteiger partial charge in [0.25, 0.3) is 0 Å². The number of nitrogens with zero attached hydrogens (tertiary/aromatic N) is 13. The fourth-order valence-corrected chi connectivity index (χ4v) is 16.1. The number of carbonyl (C=O) groups excluding carboxylic acids is 2. The topological polar surface area (TPSA) is 427 Å². The number of anilines is 7. The summed E-state index contributed by atoms with van der Waals surface area (Å²) in [7, 11) is 0. The van der Waals surface area contributed by atoms with E-state index in [1.807, 2.05) is 144 Å². The van der Waals surface area contributed by atoms with E-state index >= 15 is 0 Å². The number of alkyl carbamates (subject to hydrolysis) is 2. The maximum Gasteiger partial charge on any atom is 0.407 e. The summed E-state index contributed by atoms with van der Waals surface area (Å²) in [6.45, 7) is 38.1. The Morgan fingerprint density at radius 2 is 0.808 bits per heavy atom. The van der Waals surface area contributed by atoms with E-state index in [1.54, 1.807) is 49.6 Å². The van der Waals surface area contributed by atoms with Crippen LogP contribution in [0.25, 0.3) is 44.1 Å². The molecule has 130 heavy (non-hydrogen) atoms. The number of aromatic nitrogens is 12. The average molecular weight is 1820 g/mol. The van der Waals surface area contributed by atoms with E-state index in [2.05, 4.69) is 99.8 Å². The van der Waals surface area contributed by atoms with Crippen LogP contribution in [0, 0.1) is 17.8 Å². The number of nitrogens with two attached hydrogens (primary N) is 4. The van der Waals surface area contributed by atoms with Crippen molar-refractivity contribution in [3.05, 3.63) is 138 Å². The molecule has 5 aliphatic rings. The molecule has 4 aromatic carbocycles. The summed E-state index contributed by atoms with van der Waals surface area (Å²) in [6.07, 6.45) is 34.6. The number of carbonyl (C=O) groups is 2. The van der Waals surface area contributed by atoms with Gasteiger partial charge in [0.05, 0.1) is 95.0 Å². The molecule has 0 atom stereocenters. The van der Waals surface area contributed by atoms with Crippen LogP contribution in [0.2, 0.25) is 5.28 Å². The van der Waals surface area contributed by atoms with Crippen molar-refractivity contribution < 1.29 is 52.2 Å². The number of fused-ring (bicyclic) bond motifs is 5. The number of halogens is 1. The Hall–Kier alpha value is -10.8. The Bertz CT molecular complexity index is 4910. The Labute approximate surface area is 773 Å². The summed E-state index contributed by atoms with van der Waals surface area (Å²) in [6, 6.07) is 16.1. The van der Waals surface area contributed by atoms with Crippen molar-refractivity contribution in [3.8, 4) is 11.5 Å². The van der Waals surface area contributed by atoms with Crippen LogP contribution in [-0.2, 0) is 59.2 Å². The van der Waals surface area contributed by atoms with E-state index in [0.29, 0.717) is 78.5 Å². The smallest absolute Gasteiger partial charge is 0.407 e. The maximum atomic E-state index is 11.8. The van der Waals surface area contributed by atoms with Gasteiger partial charge < -0.3 is 91.7 Å². The minimum atomic E-state index is -0.310. The molecule has 710 valence electrons. The van der Waals surface area contributed by atoms with E-state index in [1.165, 1.54) is 11.1 Å². The molecule has 15 rings (SSSR count). The molecule has 0 unspecified atom stereocenters. The van der Waals surface area contributed by atoms with E-state index in [9.17, 15) is 9.59 Å². The van der Waals surface area contributed by atoms with E-state index in [4.69, 9.17) is 77.2 Å². The largest absolute Gasteiger partial charge is 0.488 e. The first-order chi connectivity index (χ1) is 63.0.